The first-order chi connectivity index (χ1) is 6.36. The molecule has 0 spiro atoms. The van der Waals surface area contributed by atoms with Crippen LogP contribution in [0, 0.1) is 6.20 Å². The number of aromatic nitrogens is 1. The van der Waals surface area contributed by atoms with Gasteiger partial charge < -0.3 is 4.57 Å². The lowest BCUT2D eigenvalue weighted by Crippen LogP contribution is -1.92. The fourth-order valence-electron chi connectivity index (χ4n) is 2.07. The Morgan fingerprint density at radius 1 is 1.23 bits per heavy atom. The molecule has 13 heavy (non-hydrogen) atoms. The Bertz CT molecular complexity index is 466. The predicted octanol–water partition coefficient (Wildman–Crippen LogP) is 2.40. The van der Waals surface area contributed by atoms with Gasteiger partial charge in [0.2, 0.25) is 0 Å². The standard InChI is InChI=1S/C12H10N/c1-13-7-6-11-10-5-3-2-4-9(10)8-12(11)13/h2-6H,8H2,1H3. The van der Waals surface area contributed by atoms with Crippen LogP contribution in [0.2, 0.25) is 0 Å². The Balaban J connectivity index is 2.32. The number of hydrogen-bond donors (Lipinski definition) is 0. The number of benzene rings is 1. The highest BCUT2D eigenvalue weighted by molar-refractivity contribution is 5.75. The molecule has 1 heteroatoms. The quantitative estimate of drug-likeness (QED) is 0.485. The van der Waals surface area contributed by atoms with Gasteiger partial charge in [0.25, 0.3) is 0 Å². The number of aryl methyl sites for hydroxylation is 1. The smallest absolute Gasteiger partial charge is 0.0654 e. The van der Waals surface area contributed by atoms with Crippen LogP contribution in [0.15, 0.2) is 30.3 Å². The maximum absolute atomic E-state index is 3.20. The van der Waals surface area contributed by atoms with Crippen LogP contribution in [-0.4, -0.2) is 4.57 Å². The lowest BCUT2D eigenvalue weighted by atomic mass is 10.1. The summed E-state index contributed by atoms with van der Waals surface area (Å²) >= 11 is 0. The molecule has 1 heterocycles. The molecule has 0 saturated heterocycles. The zero-order chi connectivity index (χ0) is 8.84. The van der Waals surface area contributed by atoms with E-state index in [2.05, 4.69) is 48.1 Å². The summed E-state index contributed by atoms with van der Waals surface area (Å²) in [6.45, 7) is 0. The van der Waals surface area contributed by atoms with Crippen molar-refractivity contribution in [3.8, 4) is 11.1 Å². The zero-order valence-electron chi connectivity index (χ0n) is 7.54. The van der Waals surface area contributed by atoms with Crippen molar-refractivity contribution in [3.05, 3.63) is 47.8 Å². The van der Waals surface area contributed by atoms with E-state index in [1.807, 2.05) is 0 Å². The molecule has 0 N–H and O–H groups in total. The van der Waals surface area contributed by atoms with Crippen molar-refractivity contribution < 1.29 is 0 Å². The van der Waals surface area contributed by atoms with E-state index in [1.54, 1.807) is 0 Å². The van der Waals surface area contributed by atoms with Gasteiger partial charge in [0.1, 0.15) is 0 Å². The minimum Gasteiger partial charge on any atom is -0.346 e. The molecule has 1 aromatic carbocycles. The normalized spacial score (nSPS) is 12.7. The van der Waals surface area contributed by atoms with Gasteiger partial charge in [-0.3, -0.25) is 0 Å². The summed E-state index contributed by atoms with van der Waals surface area (Å²) in [5.74, 6) is 0. The summed E-state index contributed by atoms with van der Waals surface area (Å²) in [5, 5.41) is 0. The molecule has 0 unspecified atom stereocenters. The van der Waals surface area contributed by atoms with Gasteiger partial charge in [-0.25, -0.2) is 0 Å². The van der Waals surface area contributed by atoms with Crippen molar-refractivity contribution in [2.45, 2.75) is 6.42 Å². The molecule has 0 saturated carbocycles. The third kappa shape index (κ3) is 0.816. The molecular weight excluding hydrogens is 158 g/mol. The molecule has 1 aliphatic rings. The number of fused-ring (bicyclic) bond motifs is 3. The van der Waals surface area contributed by atoms with E-state index in [9.17, 15) is 0 Å². The van der Waals surface area contributed by atoms with Crippen molar-refractivity contribution in [2.24, 2.45) is 7.05 Å². The fourth-order valence-corrected chi connectivity index (χ4v) is 2.07. The third-order valence-electron chi connectivity index (χ3n) is 2.78. The Morgan fingerprint density at radius 2 is 2.08 bits per heavy atom. The van der Waals surface area contributed by atoms with Crippen molar-refractivity contribution in [3.63, 3.8) is 0 Å². The minimum absolute atomic E-state index is 1.06. The fraction of sp³-hybridized carbons (Fsp3) is 0.167. The van der Waals surface area contributed by atoms with Crippen LogP contribution in [0.4, 0.5) is 0 Å². The molecule has 1 aromatic heterocycles. The van der Waals surface area contributed by atoms with Crippen LogP contribution in [0.25, 0.3) is 11.1 Å². The molecule has 0 bridgehead atoms. The van der Waals surface area contributed by atoms with Crippen molar-refractivity contribution >= 4 is 0 Å². The molecule has 0 aliphatic heterocycles. The van der Waals surface area contributed by atoms with Gasteiger partial charge in [0, 0.05) is 24.7 Å². The highest BCUT2D eigenvalue weighted by atomic mass is 14.9. The lowest BCUT2D eigenvalue weighted by Gasteiger charge is -1.96. The van der Waals surface area contributed by atoms with Gasteiger partial charge >= 0.3 is 0 Å². The highest BCUT2D eigenvalue weighted by Gasteiger charge is 2.19. The monoisotopic (exact) mass is 168 g/mol. The van der Waals surface area contributed by atoms with Crippen LogP contribution in [0.1, 0.15) is 11.3 Å². The SMILES string of the molecule is Cn1[c]cc2c1Cc1ccccc1-2. The van der Waals surface area contributed by atoms with E-state index >= 15 is 0 Å². The molecule has 63 valence electrons. The van der Waals surface area contributed by atoms with E-state index in [4.69, 9.17) is 0 Å². The second-order valence-corrected chi connectivity index (χ2v) is 3.53. The van der Waals surface area contributed by atoms with E-state index in [0.29, 0.717) is 0 Å². The Morgan fingerprint density at radius 3 is 3.00 bits per heavy atom. The van der Waals surface area contributed by atoms with E-state index in [-0.39, 0.29) is 0 Å². The van der Waals surface area contributed by atoms with Crippen molar-refractivity contribution in [2.75, 3.05) is 0 Å². The molecule has 0 fully saturated rings. The predicted molar refractivity (Wildman–Crippen MR) is 52.5 cm³/mol. The van der Waals surface area contributed by atoms with Gasteiger partial charge in [-0.05, 0) is 17.2 Å². The zero-order valence-corrected chi connectivity index (χ0v) is 7.54. The summed E-state index contributed by atoms with van der Waals surface area (Å²) in [6.07, 6.45) is 4.26. The van der Waals surface area contributed by atoms with E-state index < -0.39 is 0 Å². The molecule has 1 aliphatic carbocycles. The van der Waals surface area contributed by atoms with Crippen LogP contribution < -0.4 is 0 Å². The number of nitrogens with zero attached hydrogens (tertiary/aromatic N) is 1. The Kier molecular flexibility index (Phi) is 1.21. The van der Waals surface area contributed by atoms with Gasteiger partial charge in [0.05, 0.1) is 6.20 Å². The first-order valence-electron chi connectivity index (χ1n) is 4.51. The molecule has 0 atom stereocenters. The maximum atomic E-state index is 3.20. The molecule has 2 aromatic rings. The first-order valence-corrected chi connectivity index (χ1v) is 4.51. The summed E-state index contributed by atoms with van der Waals surface area (Å²) in [5.41, 5.74) is 5.57. The largest absolute Gasteiger partial charge is 0.346 e. The van der Waals surface area contributed by atoms with Crippen molar-refractivity contribution in [1.29, 1.82) is 0 Å². The first kappa shape index (κ1) is 6.96. The van der Waals surface area contributed by atoms with Gasteiger partial charge in [-0.2, -0.15) is 0 Å². The van der Waals surface area contributed by atoms with Crippen LogP contribution in [-0.2, 0) is 13.5 Å². The lowest BCUT2D eigenvalue weighted by molar-refractivity contribution is 0.854. The highest BCUT2D eigenvalue weighted by Crippen LogP contribution is 2.36. The van der Waals surface area contributed by atoms with Gasteiger partial charge in [-0.15, -0.1) is 0 Å². The Labute approximate surface area is 77.6 Å². The molecular formula is C12H10N. The summed E-state index contributed by atoms with van der Waals surface area (Å²) in [4.78, 5) is 0. The second kappa shape index (κ2) is 2.25. The molecule has 1 nitrogen and oxygen atoms in total. The van der Waals surface area contributed by atoms with E-state index in [0.717, 1.165) is 6.42 Å². The summed E-state index contributed by atoms with van der Waals surface area (Å²) in [6, 6.07) is 10.7. The average Bonchev–Trinajstić information content (AvgIpc) is 2.67. The number of hydrogen-bond acceptors (Lipinski definition) is 0. The molecule has 3 rings (SSSR count). The average molecular weight is 168 g/mol. The number of rotatable bonds is 0. The van der Waals surface area contributed by atoms with Crippen LogP contribution in [0.3, 0.4) is 0 Å². The molecule has 0 amide bonds. The maximum Gasteiger partial charge on any atom is 0.0654 e. The molecule has 1 radical (unpaired) electrons. The van der Waals surface area contributed by atoms with Gasteiger partial charge in [-0.1, -0.05) is 24.3 Å². The Hall–Kier alpha value is -1.50. The van der Waals surface area contributed by atoms with Gasteiger partial charge in [0.15, 0.2) is 0 Å². The van der Waals surface area contributed by atoms with Crippen LogP contribution >= 0.6 is 0 Å². The van der Waals surface area contributed by atoms with Crippen molar-refractivity contribution in [1.82, 2.24) is 4.57 Å². The van der Waals surface area contributed by atoms with E-state index in [1.165, 1.54) is 22.4 Å². The second-order valence-electron chi connectivity index (χ2n) is 3.53. The minimum atomic E-state index is 1.06. The topological polar surface area (TPSA) is 4.93 Å². The summed E-state index contributed by atoms with van der Waals surface area (Å²) in [7, 11) is 2.06. The third-order valence-corrected chi connectivity index (χ3v) is 2.78. The summed E-state index contributed by atoms with van der Waals surface area (Å²) < 4.78 is 2.09. The van der Waals surface area contributed by atoms with Crippen LogP contribution in [0.5, 0.6) is 0 Å².